The van der Waals surface area contributed by atoms with E-state index in [1.807, 2.05) is 11.3 Å². The third kappa shape index (κ3) is 4.90. The molecule has 3 heteroatoms. The number of fused-ring (bicyclic) bond motifs is 11. The van der Waals surface area contributed by atoms with E-state index in [2.05, 4.69) is 207 Å². The summed E-state index contributed by atoms with van der Waals surface area (Å²) in [4.78, 5) is 2.35. The highest BCUT2D eigenvalue weighted by Gasteiger charge is 2.36. The van der Waals surface area contributed by atoms with Gasteiger partial charge in [-0.1, -0.05) is 147 Å². The van der Waals surface area contributed by atoms with E-state index in [-0.39, 0.29) is 5.41 Å². The number of nitrogens with zero attached hydrogens (tertiary/aromatic N) is 1. The fourth-order valence-electron chi connectivity index (χ4n) is 9.61. The van der Waals surface area contributed by atoms with Crippen LogP contribution in [0.15, 0.2) is 192 Å². The Morgan fingerprint density at radius 2 is 1.05 bits per heavy atom. The van der Waals surface area contributed by atoms with Crippen LogP contribution in [0.2, 0.25) is 0 Å². The molecule has 1 aliphatic rings. The molecule has 0 atom stereocenters. The van der Waals surface area contributed by atoms with Crippen molar-refractivity contribution in [1.29, 1.82) is 0 Å². The summed E-state index contributed by atoms with van der Waals surface area (Å²) in [7, 11) is 0. The number of thiophene rings is 1. The van der Waals surface area contributed by atoms with Crippen molar-refractivity contribution in [2.45, 2.75) is 19.3 Å². The van der Waals surface area contributed by atoms with E-state index in [1.54, 1.807) is 0 Å². The van der Waals surface area contributed by atoms with Crippen LogP contribution in [-0.4, -0.2) is 0 Å². The minimum absolute atomic E-state index is 0.0509. The third-order valence-electron chi connectivity index (χ3n) is 12.5. The molecule has 274 valence electrons. The number of furan rings is 1. The van der Waals surface area contributed by atoms with Crippen molar-refractivity contribution < 1.29 is 4.42 Å². The van der Waals surface area contributed by atoms with Gasteiger partial charge in [0.25, 0.3) is 0 Å². The Morgan fingerprint density at radius 1 is 0.431 bits per heavy atom. The zero-order valence-electron chi connectivity index (χ0n) is 32.2. The lowest BCUT2D eigenvalue weighted by atomic mass is 9.82. The van der Waals surface area contributed by atoms with E-state index in [1.165, 1.54) is 70.1 Å². The third-order valence-corrected chi connectivity index (χ3v) is 13.6. The first-order valence-corrected chi connectivity index (χ1v) is 20.8. The molecule has 2 heterocycles. The van der Waals surface area contributed by atoms with Gasteiger partial charge in [-0.05, 0) is 104 Å². The van der Waals surface area contributed by atoms with Crippen LogP contribution >= 0.6 is 11.3 Å². The summed E-state index contributed by atoms with van der Waals surface area (Å²) in [5, 5.41) is 7.15. The summed E-state index contributed by atoms with van der Waals surface area (Å²) in [6, 6.07) is 68.8. The molecule has 0 N–H and O–H groups in total. The molecule has 0 radical (unpaired) electrons. The van der Waals surface area contributed by atoms with Gasteiger partial charge < -0.3 is 9.32 Å². The van der Waals surface area contributed by atoms with Crippen molar-refractivity contribution in [2.24, 2.45) is 0 Å². The number of benzene rings is 9. The minimum atomic E-state index is -0.0509. The largest absolute Gasteiger partial charge is 0.453 e. The van der Waals surface area contributed by atoms with Crippen LogP contribution in [-0.2, 0) is 5.41 Å². The smallest absolute Gasteiger partial charge is 0.159 e. The Bertz CT molecular complexity index is 3420. The lowest BCUT2D eigenvalue weighted by Gasteiger charge is -2.26. The zero-order chi connectivity index (χ0) is 38.5. The van der Waals surface area contributed by atoms with Gasteiger partial charge in [-0.3, -0.25) is 0 Å². The molecule has 2 nitrogen and oxygen atoms in total. The predicted molar refractivity (Wildman–Crippen MR) is 247 cm³/mol. The fraction of sp³-hybridized carbons (Fsp3) is 0.0545. The van der Waals surface area contributed by atoms with E-state index < -0.39 is 0 Å². The molecular formula is C55H37NOS. The van der Waals surface area contributed by atoms with Crippen molar-refractivity contribution in [1.82, 2.24) is 0 Å². The monoisotopic (exact) mass is 759 g/mol. The van der Waals surface area contributed by atoms with Crippen LogP contribution in [0.5, 0.6) is 0 Å². The van der Waals surface area contributed by atoms with Crippen LogP contribution in [0.3, 0.4) is 0 Å². The molecule has 1 aliphatic carbocycles. The molecular weight excluding hydrogens is 723 g/mol. The van der Waals surface area contributed by atoms with Gasteiger partial charge in [0.05, 0.1) is 5.69 Å². The molecule has 0 bridgehead atoms. The van der Waals surface area contributed by atoms with Crippen LogP contribution in [0.4, 0.5) is 17.1 Å². The van der Waals surface area contributed by atoms with Gasteiger partial charge in [0.15, 0.2) is 5.58 Å². The first-order chi connectivity index (χ1) is 28.5. The standard InChI is InChI=1S/C55H37NOS/c1-55(2)47-17-7-5-14-45(47)52-40(15-9-18-48(52)55)36-23-29-39(30-24-36)56(49-19-10-16-43-44-31-25-35-11-3-4-12-41(35)53(44)57-54(43)49)38-27-21-34(22-28-38)37-26-32-51-46(33-37)42-13-6-8-20-50(42)58-51/h3-33H,1-2H3. The number of hydrogen-bond donors (Lipinski definition) is 0. The Balaban J connectivity index is 1.01. The number of hydrogen-bond acceptors (Lipinski definition) is 3. The molecule has 58 heavy (non-hydrogen) atoms. The lowest BCUT2D eigenvalue weighted by molar-refractivity contribution is 0.660. The molecule has 0 amide bonds. The first kappa shape index (κ1) is 33.2. The molecule has 2 aromatic heterocycles. The number of para-hydroxylation sites is 1. The molecule has 11 aromatic rings. The molecule has 0 saturated carbocycles. The van der Waals surface area contributed by atoms with E-state index in [0.29, 0.717) is 0 Å². The van der Waals surface area contributed by atoms with Gasteiger partial charge in [-0.2, -0.15) is 0 Å². The Labute approximate surface area is 340 Å². The summed E-state index contributed by atoms with van der Waals surface area (Å²) in [5.41, 5.74) is 15.2. The second-order valence-electron chi connectivity index (χ2n) is 16.1. The molecule has 0 aliphatic heterocycles. The molecule has 12 rings (SSSR count). The second kappa shape index (κ2) is 12.5. The van der Waals surface area contributed by atoms with Crippen LogP contribution in [0, 0.1) is 0 Å². The highest BCUT2D eigenvalue weighted by molar-refractivity contribution is 7.25. The highest BCUT2D eigenvalue weighted by atomic mass is 32.1. The van der Waals surface area contributed by atoms with Crippen LogP contribution in [0.25, 0.3) is 86.3 Å². The number of rotatable bonds is 5. The summed E-state index contributed by atoms with van der Waals surface area (Å²) in [6.45, 7) is 4.69. The summed E-state index contributed by atoms with van der Waals surface area (Å²) < 4.78 is 9.58. The van der Waals surface area contributed by atoms with Crippen molar-refractivity contribution in [3.8, 4) is 33.4 Å². The molecule has 0 unspecified atom stereocenters. The van der Waals surface area contributed by atoms with E-state index in [9.17, 15) is 0 Å². The lowest BCUT2D eigenvalue weighted by Crippen LogP contribution is -2.14. The molecule has 9 aromatic carbocycles. The molecule has 0 spiro atoms. The van der Waals surface area contributed by atoms with E-state index in [4.69, 9.17) is 4.42 Å². The highest BCUT2D eigenvalue weighted by Crippen LogP contribution is 2.52. The van der Waals surface area contributed by atoms with Gasteiger partial charge in [-0.15, -0.1) is 11.3 Å². The molecule has 0 saturated heterocycles. The maximum Gasteiger partial charge on any atom is 0.159 e. The maximum absolute atomic E-state index is 6.94. The normalized spacial score (nSPS) is 13.1. The summed E-state index contributed by atoms with van der Waals surface area (Å²) >= 11 is 1.86. The fourth-order valence-corrected chi connectivity index (χ4v) is 10.7. The van der Waals surface area contributed by atoms with Crippen LogP contribution < -0.4 is 4.90 Å². The SMILES string of the molecule is CC1(C)c2ccccc2-c2c(-c3ccc(N(c4ccc(-c5ccc6sc7ccccc7c6c5)cc4)c4cccc5c4oc4c6ccccc6ccc54)cc3)cccc21. The van der Waals surface area contributed by atoms with Crippen molar-refractivity contribution >= 4 is 81.3 Å². The summed E-state index contributed by atoms with van der Waals surface area (Å²) in [6.07, 6.45) is 0. The predicted octanol–water partition coefficient (Wildman–Crippen LogP) is 16.2. The van der Waals surface area contributed by atoms with Gasteiger partial charge >= 0.3 is 0 Å². The summed E-state index contributed by atoms with van der Waals surface area (Å²) in [5.74, 6) is 0. The Kier molecular flexibility index (Phi) is 7.18. The minimum Gasteiger partial charge on any atom is -0.453 e. The second-order valence-corrected chi connectivity index (χ2v) is 17.1. The van der Waals surface area contributed by atoms with Gasteiger partial charge in [0.1, 0.15) is 5.58 Å². The topological polar surface area (TPSA) is 16.4 Å². The van der Waals surface area contributed by atoms with Crippen LogP contribution in [0.1, 0.15) is 25.0 Å². The van der Waals surface area contributed by atoms with E-state index in [0.717, 1.165) is 44.4 Å². The van der Waals surface area contributed by atoms with Crippen molar-refractivity contribution in [3.05, 3.63) is 199 Å². The van der Waals surface area contributed by atoms with Gasteiger partial charge in [-0.25, -0.2) is 0 Å². The quantitative estimate of drug-likeness (QED) is 0.174. The zero-order valence-corrected chi connectivity index (χ0v) is 33.0. The van der Waals surface area contributed by atoms with Crippen molar-refractivity contribution in [2.75, 3.05) is 4.90 Å². The van der Waals surface area contributed by atoms with Gasteiger partial charge in [0.2, 0.25) is 0 Å². The van der Waals surface area contributed by atoms with E-state index >= 15 is 0 Å². The van der Waals surface area contributed by atoms with Crippen molar-refractivity contribution in [3.63, 3.8) is 0 Å². The first-order valence-electron chi connectivity index (χ1n) is 20.0. The molecule has 0 fully saturated rings. The Morgan fingerprint density at radius 3 is 1.90 bits per heavy atom. The maximum atomic E-state index is 6.94. The Hall–Kier alpha value is -6.94. The number of anilines is 3. The average molecular weight is 760 g/mol. The average Bonchev–Trinajstić information content (AvgIpc) is 3.92. The van der Waals surface area contributed by atoms with Gasteiger partial charge in [0, 0.05) is 53.1 Å².